The van der Waals surface area contributed by atoms with Crippen molar-refractivity contribution in [1.29, 1.82) is 0 Å². The summed E-state index contributed by atoms with van der Waals surface area (Å²) in [6.45, 7) is 0. The fraction of sp³-hybridized carbons (Fsp3) is 0.222. The van der Waals surface area contributed by atoms with Crippen molar-refractivity contribution < 1.29 is 18.6 Å². The fourth-order valence-electron chi connectivity index (χ4n) is 2.39. The summed E-state index contributed by atoms with van der Waals surface area (Å²) in [7, 11) is 4.63. The molecule has 0 aliphatic carbocycles. The SMILES string of the molecule is COc1cc(-c2nnc(SCc3c(Cl)cccc3Cl)o2)cc(OC)c1OC. The van der Waals surface area contributed by atoms with E-state index in [1.165, 1.54) is 11.8 Å². The topological polar surface area (TPSA) is 66.6 Å². The van der Waals surface area contributed by atoms with Gasteiger partial charge in [0.25, 0.3) is 5.22 Å². The molecule has 0 fully saturated rings. The van der Waals surface area contributed by atoms with Gasteiger partial charge in [0, 0.05) is 21.4 Å². The number of rotatable bonds is 7. The van der Waals surface area contributed by atoms with E-state index < -0.39 is 0 Å². The minimum atomic E-state index is 0.335. The van der Waals surface area contributed by atoms with Crippen LogP contribution in [0.1, 0.15) is 5.56 Å². The first kappa shape index (κ1) is 19.7. The van der Waals surface area contributed by atoms with Crippen molar-refractivity contribution >= 4 is 35.0 Å². The van der Waals surface area contributed by atoms with Crippen LogP contribution in [-0.2, 0) is 5.75 Å². The molecule has 2 aromatic carbocycles. The summed E-state index contributed by atoms with van der Waals surface area (Å²) in [6.07, 6.45) is 0. The number of benzene rings is 2. The van der Waals surface area contributed by atoms with Gasteiger partial charge in [-0.2, -0.15) is 0 Å². The normalized spacial score (nSPS) is 10.7. The zero-order chi connectivity index (χ0) is 19.4. The standard InChI is InChI=1S/C18H16Cl2N2O4S/c1-23-14-7-10(8-15(24-2)16(14)25-3)17-21-22-18(26-17)27-9-11-12(19)5-4-6-13(11)20/h4-8H,9H2,1-3H3. The third-order valence-electron chi connectivity index (χ3n) is 3.72. The van der Waals surface area contributed by atoms with Gasteiger partial charge < -0.3 is 18.6 Å². The fourth-order valence-corrected chi connectivity index (χ4v) is 3.90. The monoisotopic (exact) mass is 426 g/mol. The Morgan fingerprint density at radius 3 is 2.15 bits per heavy atom. The molecule has 0 spiro atoms. The number of hydrogen-bond donors (Lipinski definition) is 0. The molecule has 1 heterocycles. The van der Waals surface area contributed by atoms with Crippen molar-refractivity contribution in [2.75, 3.05) is 21.3 Å². The van der Waals surface area contributed by atoms with Gasteiger partial charge >= 0.3 is 0 Å². The van der Waals surface area contributed by atoms with Crippen molar-refractivity contribution in [1.82, 2.24) is 10.2 Å². The Bertz CT molecular complexity index is 904. The third-order valence-corrected chi connectivity index (χ3v) is 5.27. The molecule has 0 N–H and O–H groups in total. The molecule has 27 heavy (non-hydrogen) atoms. The van der Waals surface area contributed by atoms with Gasteiger partial charge in [-0.05, 0) is 29.8 Å². The van der Waals surface area contributed by atoms with Crippen LogP contribution in [0.4, 0.5) is 0 Å². The van der Waals surface area contributed by atoms with Crippen LogP contribution in [0, 0.1) is 0 Å². The van der Waals surface area contributed by atoms with Crippen molar-refractivity contribution in [3.63, 3.8) is 0 Å². The predicted molar refractivity (Wildman–Crippen MR) is 105 cm³/mol. The van der Waals surface area contributed by atoms with Gasteiger partial charge in [0.2, 0.25) is 11.6 Å². The molecule has 3 aromatic rings. The van der Waals surface area contributed by atoms with E-state index >= 15 is 0 Å². The maximum absolute atomic E-state index is 6.19. The lowest BCUT2D eigenvalue weighted by molar-refractivity contribution is 0.324. The molecule has 6 nitrogen and oxygen atoms in total. The van der Waals surface area contributed by atoms with Crippen molar-refractivity contribution in [3.05, 3.63) is 45.9 Å². The first-order valence-electron chi connectivity index (χ1n) is 7.77. The number of ether oxygens (including phenoxy) is 3. The summed E-state index contributed by atoms with van der Waals surface area (Å²) in [5.74, 6) is 2.34. The second-order valence-corrected chi connectivity index (χ2v) is 7.02. The average Bonchev–Trinajstić information content (AvgIpc) is 3.15. The van der Waals surface area contributed by atoms with Crippen LogP contribution in [-0.4, -0.2) is 31.5 Å². The minimum Gasteiger partial charge on any atom is -0.493 e. The van der Waals surface area contributed by atoms with Gasteiger partial charge in [0.15, 0.2) is 11.5 Å². The molecule has 0 saturated carbocycles. The molecule has 3 rings (SSSR count). The van der Waals surface area contributed by atoms with Gasteiger partial charge in [-0.15, -0.1) is 10.2 Å². The largest absolute Gasteiger partial charge is 0.493 e. The van der Waals surface area contributed by atoms with E-state index in [1.54, 1.807) is 51.7 Å². The first-order chi connectivity index (χ1) is 13.1. The van der Waals surface area contributed by atoms with Crippen LogP contribution < -0.4 is 14.2 Å². The summed E-state index contributed by atoms with van der Waals surface area (Å²) >= 11 is 13.7. The number of nitrogens with zero attached hydrogens (tertiary/aromatic N) is 2. The van der Waals surface area contributed by atoms with E-state index in [2.05, 4.69) is 10.2 Å². The predicted octanol–water partition coefficient (Wildman–Crippen LogP) is 5.36. The molecular formula is C18H16Cl2N2O4S. The number of halogens is 2. The number of thioether (sulfide) groups is 1. The quantitative estimate of drug-likeness (QED) is 0.470. The smallest absolute Gasteiger partial charge is 0.277 e. The Morgan fingerprint density at radius 1 is 0.963 bits per heavy atom. The number of methoxy groups -OCH3 is 3. The maximum atomic E-state index is 6.19. The minimum absolute atomic E-state index is 0.335. The summed E-state index contributed by atoms with van der Waals surface area (Å²) in [5.41, 5.74) is 1.47. The summed E-state index contributed by atoms with van der Waals surface area (Å²) < 4.78 is 21.8. The molecular weight excluding hydrogens is 411 g/mol. The van der Waals surface area contributed by atoms with Gasteiger partial charge in [-0.3, -0.25) is 0 Å². The third kappa shape index (κ3) is 4.26. The highest BCUT2D eigenvalue weighted by molar-refractivity contribution is 7.98. The van der Waals surface area contributed by atoms with Crippen LogP contribution in [0.15, 0.2) is 40.0 Å². The number of hydrogen-bond acceptors (Lipinski definition) is 7. The van der Waals surface area contributed by atoms with Crippen molar-refractivity contribution in [3.8, 4) is 28.7 Å². The molecule has 0 aliphatic heterocycles. The van der Waals surface area contributed by atoms with E-state index in [0.29, 0.717) is 49.7 Å². The van der Waals surface area contributed by atoms with Gasteiger partial charge in [-0.1, -0.05) is 41.0 Å². The molecule has 0 saturated heterocycles. The lowest BCUT2D eigenvalue weighted by atomic mass is 10.2. The highest BCUT2D eigenvalue weighted by Gasteiger charge is 2.18. The molecule has 0 amide bonds. The zero-order valence-electron chi connectivity index (χ0n) is 14.8. The van der Waals surface area contributed by atoms with Gasteiger partial charge in [0.05, 0.1) is 21.3 Å². The Hall–Kier alpha value is -2.09. The molecule has 1 aromatic heterocycles. The molecule has 9 heteroatoms. The summed E-state index contributed by atoms with van der Waals surface area (Å²) in [5, 5.41) is 9.75. The Morgan fingerprint density at radius 2 is 1.59 bits per heavy atom. The Kier molecular flexibility index (Phi) is 6.36. The van der Waals surface area contributed by atoms with Crippen molar-refractivity contribution in [2.24, 2.45) is 0 Å². The van der Waals surface area contributed by atoms with Crippen LogP contribution in [0.5, 0.6) is 17.2 Å². The molecule has 0 unspecified atom stereocenters. The Labute approximate surface area is 170 Å². The van der Waals surface area contributed by atoms with Gasteiger partial charge in [-0.25, -0.2) is 0 Å². The van der Waals surface area contributed by atoms with Crippen LogP contribution in [0.2, 0.25) is 10.0 Å². The second-order valence-electron chi connectivity index (χ2n) is 5.28. The highest BCUT2D eigenvalue weighted by atomic mass is 35.5. The van der Waals surface area contributed by atoms with E-state index in [9.17, 15) is 0 Å². The Balaban J connectivity index is 1.83. The lowest BCUT2D eigenvalue weighted by Gasteiger charge is -2.12. The van der Waals surface area contributed by atoms with Crippen LogP contribution >= 0.6 is 35.0 Å². The van der Waals surface area contributed by atoms with E-state index in [4.69, 9.17) is 41.8 Å². The van der Waals surface area contributed by atoms with E-state index in [-0.39, 0.29) is 0 Å². The molecule has 142 valence electrons. The second kappa shape index (κ2) is 8.73. The first-order valence-corrected chi connectivity index (χ1v) is 9.51. The highest BCUT2D eigenvalue weighted by Crippen LogP contribution is 2.41. The number of aromatic nitrogens is 2. The van der Waals surface area contributed by atoms with E-state index in [0.717, 1.165) is 5.56 Å². The average molecular weight is 427 g/mol. The maximum Gasteiger partial charge on any atom is 0.277 e. The van der Waals surface area contributed by atoms with E-state index in [1.807, 2.05) is 0 Å². The lowest BCUT2D eigenvalue weighted by Crippen LogP contribution is -1.95. The van der Waals surface area contributed by atoms with Crippen molar-refractivity contribution in [2.45, 2.75) is 11.0 Å². The van der Waals surface area contributed by atoms with Gasteiger partial charge in [0.1, 0.15) is 0 Å². The van der Waals surface area contributed by atoms with Crippen LogP contribution in [0.3, 0.4) is 0 Å². The molecule has 0 bridgehead atoms. The molecule has 0 atom stereocenters. The van der Waals surface area contributed by atoms with Crippen LogP contribution in [0.25, 0.3) is 11.5 Å². The summed E-state index contributed by atoms with van der Waals surface area (Å²) in [4.78, 5) is 0. The molecule has 0 aliphatic rings. The molecule has 0 radical (unpaired) electrons. The zero-order valence-corrected chi connectivity index (χ0v) is 17.1. The summed E-state index contributed by atoms with van der Waals surface area (Å²) in [6, 6.07) is 8.87.